The predicted molar refractivity (Wildman–Crippen MR) is 82.1 cm³/mol. The highest BCUT2D eigenvalue weighted by Gasteiger charge is 2.42. The fourth-order valence-electron chi connectivity index (χ4n) is 3.04. The molecule has 1 fully saturated rings. The van der Waals surface area contributed by atoms with Crippen molar-refractivity contribution < 1.29 is 14.2 Å². The molecule has 21 heavy (non-hydrogen) atoms. The maximum absolute atomic E-state index is 9.48. The third kappa shape index (κ3) is 6.31. The highest BCUT2D eigenvalue weighted by Crippen LogP contribution is 2.37. The van der Waals surface area contributed by atoms with Crippen LogP contribution >= 0.6 is 0 Å². The number of nitrogens with zero attached hydrogens (tertiary/aromatic N) is 1. The maximum atomic E-state index is 9.48. The van der Waals surface area contributed by atoms with E-state index in [4.69, 9.17) is 14.2 Å². The van der Waals surface area contributed by atoms with Gasteiger partial charge in [0.25, 0.3) is 0 Å². The molecule has 0 aromatic rings. The molecule has 0 aliphatic heterocycles. The summed E-state index contributed by atoms with van der Waals surface area (Å²) < 4.78 is 16.0. The first-order chi connectivity index (χ1) is 10.3. The summed E-state index contributed by atoms with van der Waals surface area (Å²) in [7, 11) is 1.67. The Bertz CT molecular complexity index is 306. The molecule has 1 N–H and O–H groups in total. The molecule has 1 aliphatic carbocycles. The van der Waals surface area contributed by atoms with Crippen LogP contribution in [0.2, 0.25) is 0 Å². The van der Waals surface area contributed by atoms with Gasteiger partial charge in [-0.1, -0.05) is 13.3 Å². The summed E-state index contributed by atoms with van der Waals surface area (Å²) in [6.45, 7) is 6.37. The van der Waals surface area contributed by atoms with Gasteiger partial charge in [0.05, 0.1) is 19.3 Å². The van der Waals surface area contributed by atoms with Crippen molar-refractivity contribution >= 4 is 0 Å². The predicted octanol–water partition coefficient (Wildman–Crippen LogP) is 2.12. The maximum Gasteiger partial charge on any atom is 0.109 e. The van der Waals surface area contributed by atoms with Gasteiger partial charge in [0.15, 0.2) is 0 Å². The van der Waals surface area contributed by atoms with E-state index in [-0.39, 0.29) is 5.54 Å². The van der Waals surface area contributed by atoms with Gasteiger partial charge < -0.3 is 14.2 Å². The Kier molecular flexibility index (Phi) is 9.60. The van der Waals surface area contributed by atoms with Crippen molar-refractivity contribution in [1.29, 1.82) is 5.26 Å². The molecular formula is C16H30N2O3. The molecule has 0 aromatic heterocycles. The lowest BCUT2D eigenvalue weighted by molar-refractivity contribution is 0.0481. The standard InChI is InChI=1S/C16H30N2O3/c1-3-18-16(14-17)8-4-6-15(16)7-11-20-9-5-10-21-13-12-19-2/h15,18H,3-13H2,1-2H3. The van der Waals surface area contributed by atoms with Gasteiger partial charge >= 0.3 is 0 Å². The smallest absolute Gasteiger partial charge is 0.109 e. The van der Waals surface area contributed by atoms with Gasteiger partial charge in [-0.15, -0.1) is 0 Å². The van der Waals surface area contributed by atoms with Gasteiger partial charge in [0.2, 0.25) is 0 Å². The van der Waals surface area contributed by atoms with Gasteiger partial charge in [0, 0.05) is 26.9 Å². The largest absolute Gasteiger partial charge is 0.382 e. The zero-order chi connectivity index (χ0) is 15.4. The summed E-state index contributed by atoms with van der Waals surface area (Å²) in [6, 6.07) is 2.51. The Hall–Kier alpha value is -0.670. The quantitative estimate of drug-likeness (QED) is 0.559. The summed E-state index contributed by atoms with van der Waals surface area (Å²) in [4.78, 5) is 0. The monoisotopic (exact) mass is 298 g/mol. The first kappa shape index (κ1) is 18.4. The molecule has 1 aliphatic rings. The van der Waals surface area contributed by atoms with E-state index in [0.717, 1.165) is 51.9 Å². The van der Waals surface area contributed by atoms with Crippen LogP contribution in [-0.2, 0) is 14.2 Å². The molecule has 0 radical (unpaired) electrons. The van der Waals surface area contributed by atoms with Crippen molar-refractivity contribution in [3.05, 3.63) is 0 Å². The van der Waals surface area contributed by atoms with Crippen molar-refractivity contribution in [3.63, 3.8) is 0 Å². The van der Waals surface area contributed by atoms with Gasteiger partial charge in [-0.25, -0.2) is 0 Å². The summed E-state index contributed by atoms with van der Waals surface area (Å²) >= 11 is 0. The lowest BCUT2D eigenvalue weighted by Gasteiger charge is -2.29. The molecular weight excluding hydrogens is 268 g/mol. The summed E-state index contributed by atoms with van der Waals surface area (Å²) in [6.07, 6.45) is 5.11. The Labute approximate surface area is 128 Å². The van der Waals surface area contributed by atoms with Crippen LogP contribution in [0.3, 0.4) is 0 Å². The molecule has 122 valence electrons. The molecule has 0 spiro atoms. The average Bonchev–Trinajstić information content (AvgIpc) is 2.89. The van der Waals surface area contributed by atoms with E-state index >= 15 is 0 Å². The molecule has 5 nitrogen and oxygen atoms in total. The van der Waals surface area contributed by atoms with Crippen LogP contribution < -0.4 is 5.32 Å². The molecule has 0 bridgehead atoms. The Morgan fingerprint density at radius 2 is 1.95 bits per heavy atom. The first-order valence-electron chi connectivity index (χ1n) is 8.09. The number of hydrogen-bond donors (Lipinski definition) is 1. The van der Waals surface area contributed by atoms with Crippen molar-refractivity contribution in [2.45, 2.75) is 44.6 Å². The Morgan fingerprint density at radius 3 is 2.62 bits per heavy atom. The molecule has 1 saturated carbocycles. The molecule has 2 unspecified atom stereocenters. The normalized spacial score (nSPS) is 25.1. The van der Waals surface area contributed by atoms with Gasteiger partial charge in [-0.05, 0) is 38.1 Å². The van der Waals surface area contributed by atoms with Crippen molar-refractivity contribution in [3.8, 4) is 6.07 Å². The third-order valence-corrected chi connectivity index (χ3v) is 4.13. The Morgan fingerprint density at radius 1 is 1.19 bits per heavy atom. The van der Waals surface area contributed by atoms with E-state index in [1.54, 1.807) is 7.11 Å². The van der Waals surface area contributed by atoms with E-state index in [9.17, 15) is 5.26 Å². The first-order valence-corrected chi connectivity index (χ1v) is 8.09. The van der Waals surface area contributed by atoms with E-state index in [0.29, 0.717) is 25.7 Å². The highest BCUT2D eigenvalue weighted by molar-refractivity contribution is 5.13. The van der Waals surface area contributed by atoms with Crippen molar-refractivity contribution in [2.75, 3.05) is 46.7 Å². The highest BCUT2D eigenvalue weighted by atomic mass is 16.5. The fourth-order valence-corrected chi connectivity index (χ4v) is 3.04. The summed E-state index contributed by atoms with van der Waals surface area (Å²) in [5, 5.41) is 12.9. The van der Waals surface area contributed by atoms with Crippen molar-refractivity contribution in [2.24, 2.45) is 5.92 Å². The van der Waals surface area contributed by atoms with Gasteiger partial charge in [-0.2, -0.15) is 5.26 Å². The number of methoxy groups -OCH3 is 1. The van der Waals surface area contributed by atoms with Crippen molar-refractivity contribution in [1.82, 2.24) is 5.32 Å². The molecule has 0 heterocycles. The molecule has 2 atom stereocenters. The average molecular weight is 298 g/mol. The van der Waals surface area contributed by atoms with Crippen LogP contribution in [0.15, 0.2) is 0 Å². The summed E-state index contributed by atoms with van der Waals surface area (Å²) in [5.74, 6) is 0.417. The number of ether oxygens (including phenoxy) is 3. The van der Waals surface area contributed by atoms with E-state index < -0.39 is 0 Å². The SMILES string of the molecule is CCNC1(C#N)CCCC1CCOCCCOCCOC. The minimum absolute atomic E-state index is 0.318. The molecule has 5 heteroatoms. The topological polar surface area (TPSA) is 63.5 Å². The minimum Gasteiger partial charge on any atom is -0.382 e. The van der Waals surface area contributed by atoms with Gasteiger partial charge in [0.1, 0.15) is 5.54 Å². The third-order valence-electron chi connectivity index (χ3n) is 4.13. The Balaban J connectivity index is 2.08. The van der Waals surface area contributed by atoms with E-state index in [1.165, 1.54) is 0 Å². The second kappa shape index (κ2) is 11.0. The fraction of sp³-hybridized carbons (Fsp3) is 0.938. The lowest BCUT2D eigenvalue weighted by Crippen LogP contribution is -2.47. The minimum atomic E-state index is -0.318. The van der Waals surface area contributed by atoms with Crippen LogP contribution in [0.25, 0.3) is 0 Å². The molecule has 0 saturated heterocycles. The van der Waals surface area contributed by atoms with Crippen LogP contribution in [0, 0.1) is 17.2 Å². The second-order valence-electron chi connectivity index (χ2n) is 5.56. The molecule has 0 aromatic carbocycles. The van der Waals surface area contributed by atoms with E-state index in [1.807, 2.05) is 0 Å². The number of nitriles is 1. The van der Waals surface area contributed by atoms with Gasteiger partial charge in [-0.3, -0.25) is 5.32 Å². The zero-order valence-corrected chi connectivity index (χ0v) is 13.5. The van der Waals surface area contributed by atoms with Crippen LogP contribution in [0.1, 0.15) is 39.0 Å². The number of rotatable bonds is 12. The van der Waals surface area contributed by atoms with Crippen LogP contribution in [0.5, 0.6) is 0 Å². The van der Waals surface area contributed by atoms with Crippen LogP contribution in [0.4, 0.5) is 0 Å². The zero-order valence-electron chi connectivity index (χ0n) is 13.5. The summed E-state index contributed by atoms with van der Waals surface area (Å²) in [5.41, 5.74) is -0.318. The lowest BCUT2D eigenvalue weighted by atomic mass is 9.86. The molecule has 0 amide bonds. The second-order valence-corrected chi connectivity index (χ2v) is 5.56. The van der Waals surface area contributed by atoms with Crippen LogP contribution in [-0.4, -0.2) is 52.2 Å². The molecule has 1 rings (SSSR count). The number of nitrogens with one attached hydrogen (secondary N) is 1. The number of hydrogen-bond acceptors (Lipinski definition) is 5. The van der Waals surface area contributed by atoms with E-state index in [2.05, 4.69) is 18.3 Å².